The Hall–Kier alpha value is -3.41. The van der Waals surface area contributed by atoms with Crippen LogP contribution in [0, 0.1) is 35.5 Å². The molecule has 3 amide bonds. The smallest absolute Gasteiger partial charge is 0.255 e. The summed E-state index contributed by atoms with van der Waals surface area (Å²) in [7, 11) is 1.58. The van der Waals surface area contributed by atoms with E-state index >= 15 is 0 Å². The van der Waals surface area contributed by atoms with Gasteiger partial charge in [0.1, 0.15) is 5.75 Å². The number of nitrogens with zero attached hydrogens (tertiary/aromatic N) is 1. The molecule has 31 heavy (non-hydrogen) atoms. The van der Waals surface area contributed by atoms with E-state index in [2.05, 4.69) is 17.5 Å². The first-order chi connectivity index (χ1) is 15.1. The zero-order chi connectivity index (χ0) is 21.3. The van der Waals surface area contributed by atoms with Gasteiger partial charge in [-0.2, -0.15) is 0 Å². The van der Waals surface area contributed by atoms with Crippen LogP contribution >= 0.6 is 0 Å². The maximum Gasteiger partial charge on any atom is 0.255 e. The molecule has 1 N–H and O–H groups in total. The Bertz CT molecular complexity index is 1100. The van der Waals surface area contributed by atoms with Crippen molar-refractivity contribution in [1.29, 1.82) is 0 Å². The lowest BCUT2D eigenvalue weighted by Crippen LogP contribution is -2.40. The molecule has 0 spiro atoms. The van der Waals surface area contributed by atoms with E-state index in [9.17, 15) is 14.4 Å². The Balaban J connectivity index is 1.26. The normalized spacial score (nSPS) is 32.0. The van der Waals surface area contributed by atoms with E-state index in [1.165, 1.54) is 4.90 Å². The van der Waals surface area contributed by atoms with Crippen molar-refractivity contribution >= 4 is 29.1 Å². The van der Waals surface area contributed by atoms with Gasteiger partial charge in [-0.1, -0.05) is 18.2 Å². The summed E-state index contributed by atoms with van der Waals surface area (Å²) in [6.45, 7) is 0. The highest BCUT2D eigenvalue weighted by molar-refractivity contribution is 6.23. The highest BCUT2D eigenvalue weighted by atomic mass is 16.5. The molecule has 5 aliphatic rings. The number of nitrogens with one attached hydrogen (secondary N) is 1. The fraction of sp³-hybridized carbons (Fsp3) is 0.320. The number of ether oxygens (including phenoxy) is 1. The number of benzene rings is 2. The predicted molar refractivity (Wildman–Crippen MR) is 115 cm³/mol. The van der Waals surface area contributed by atoms with Gasteiger partial charge in [-0.3, -0.25) is 14.4 Å². The minimum absolute atomic E-state index is 0.118. The molecule has 6 heteroatoms. The molecule has 0 radical (unpaired) electrons. The van der Waals surface area contributed by atoms with Crippen molar-refractivity contribution < 1.29 is 19.1 Å². The lowest BCUT2D eigenvalue weighted by Gasteiger charge is -2.37. The van der Waals surface area contributed by atoms with Crippen LogP contribution in [0.1, 0.15) is 16.8 Å². The zero-order valence-electron chi connectivity index (χ0n) is 17.0. The molecular formula is C25H22N2O4. The van der Waals surface area contributed by atoms with Crippen LogP contribution in [0.2, 0.25) is 0 Å². The van der Waals surface area contributed by atoms with Gasteiger partial charge in [0.15, 0.2) is 0 Å². The number of carbonyl (C=O) groups is 3. The van der Waals surface area contributed by atoms with Gasteiger partial charge < -0.3 is 10.1 Å². The molecule has 3 fully saturated rings. The quantitative estimate of drug-likeness (QED) is 0.614. The van der Waals surface area contributed by atoms with E-state index < -0.39 is 0 Å². The maximum absolute atomic E-state index is 13.3. The summed E-state index contributed by atoms with van der Waals surface area (Å²) in [5.74, 6) is 1.17. The van der Waals surface area contributed by atoms with E-state index in [0.29, 0.717) is 34.5 Å². The highest BCUT2D eigenvalue weighted by Gasteiger charge is 2.67. The third kappa shape index (κ3) is 2.67. The lowest BCUT2D eigenvalue weighted by molar-refractivity contribution is -0.124. The molecular weight excluding hydrogens is 392 g/mol. The van der Waals surface area contributed by atoms with Crippen LogP contribution in [0.3, 0.4) is 0 Å². The molecule has 156 valence electrons. The van der Waals surface area contributed by atoms with E-state index in [0.717, 1.165) is 6.42 Å². The Morgan fingerprint density at radius 2 is 1.61 bits per heavy atom. The van der Waals surface area contributed by atoms with Crippen molar-refractivity contribution in [3.8, 4) is 5.75 Å². The van der Waals surface area contributed by atoms with Crippen LogP contribution < -0.4 is 15.0 Å². The Morgan fingerprint density at radius 1 is 0.968 bits per heavy atom. The van der Waals surface area contributed by atoms with Gasteiger partial charge in [0.2, 0.25) is 11.8 Å². The Labute approximate surface area is 179 Å². The number of hydrogen-bond donors (Lipinski definition) is 1. The third-order valence-corrected chi connectivity index (χ3v) is 7.38. The highest BCUT2D eigenvalue weighted by Crippen LogP contribution is 2.65. The minimum Gasteiger partial charge on any atom is -0.497 e. The van der Waals surface area contributed by atoms with Gasteiger partial charge in [-0.05, 0) is 72.6 Å². The molecule has 1 aliphatic heterocycles. The fourth-order valence-electron chi connectivity index (χ4n) is 5.88. The summed E-state index contributed by atoms with van der Waals surface area (Å²) in [4.78, 5) is 40.7. The monoisotopic (exact) mass is 414 g/mol. The van der Waals surface area contributed by atoms with Crippen molar-refractivity contribution in [3.63, 3.8) is 0 Å². The molecule has 0 unspecified atom stereocenters. The molecule has 4 aliphatic carbocycles. The summed E-state index contributed by atoms with van der Waals surface area (Å²) in [5, 5.41) is 2.84. The molecule has 1 saturated heterocycles. The minimum atomic E-state index is -0.300. The second kappa shape index (κ2) is 6.54. The van der Waals surface area contributed by atoms with Crippen LogP contribution in [0.25, 0.3) is 0 Å². The van der Waals surface area contributed by atoms with Crippen molar-refractivity contribution in [2.45, 2.75) is 6.42 Å². The molecule has 2 saturated carbocycles. The van der Waals surface area contributed by atoms with Gasteiger partial charge in [0.05, 0.1) is 24.6 Å². The van der Waals surface area contributed by atoms with Crippen molar-refractivity contribution in [3.05, 3.63) is 66.2 Å². The number of anilines is 2. The standard InChI is InChI=1S/C25H22N2O4/c1-31-16-7-5-14(6-8-16)26-23(28)13-3-2-4-15(11-13)27-24(29)21-17-9-10-18(20-12-19(17)20)22(21)25(27)30/h2-11,17-22H,12H2,1H3,(H,26,28)/t17-,18+,19-,20-,21-,22+/m0/s1. The van der Waals surface area contributed by atoms with Crippen molar-refractivity contribution in [1.82, 2.24) is 0 Å². The van der Waals surface area contributed by atoms with Gasteiger partial charge in [-0.25, -0.2) is 4.90 Å². The van der Waals surface area contributed by atoms with Crippen molar-refractivity contribution in [2.24, 2.45) is 35.5 Å². The van der Waals surface area contributed by atoms with E-state index in [4.69, 9.17) is 4.74 Å². The fourth-order valence-corrected chi connectivity index (χ4v) is 5.88. The molecule has 2 aromatic carbocycles. The molecule has 7 rings (SSSR count). The number of carbonyl (C=O) groups excluding carboxylic acids is 3. The summed E-state index contributed by atoms with van der Waals surface area (Å²) in [6, 6.07) is 13.8. The average Bonchev–Trinajstić information content (AvgIpc) is 3.57. The first-order valence-corrected chi connectivity index (χ1v) is 10.7. The van der Waals surface area contributed by atoms with Crippen LogP contribution in [0.4, 0.5) is 11.4 Å². The second-order valence-electron chi connectivity index (χ2n) is 8.90. The number of methoxy groups -OCH3 is 1. The predicted octanol–water partition coefficient (Wildman–Crippen LogP) is 3.51. The first kappa shape index (κ1) is 18.4. The molecule has 1 heterocycles. The number of rotatable bonds is 4. The summed E-state index contributed by atoms with van der Waals surface area (Å²) in [6.07, 6.45) is 5.46. The van der Waals surface area contributed by atoms with E-state index in [1.54, 1.807) is 55.6 Å². The van der Waals surface area contributed by atoms with Crippen LogP contribution in [-0.2, 0) is 9.59 Å². The summed E-state index contributed by atoms with van der Waals surface area (Å²) >= 11 is 0. The number of allylic oxidation sites excluding steroid dienone is 2. The number of imide groups is 1. The Kier molecular flexibility index (Phi) is 3.88. The van der Waals surface area contributed by atoms with Crippen LogP contribution in [0.15, 0.2) is 60.7 Å². The molecule has 6 atom stereocenters. The summed E-state index contributed by atoms with van der Waals surface area (Å²) < 4.78 is 5.13. The van der Waals surface area contributed by atoms with E-state index in [-0.39, 0.29) is 41.4 Å². The maximum atomic E-state index is 13.3. The number of hydrogen-bond acceptors (Lipinski definition) is 4. The van der Waals surface area contributed by atoms with Gasteiger partial charge in [0.25, 0.3) is 5.91 Å². The van der Waals surface area contributed by atoms with Gasteiger partial charge >= 0.3 is 0 Å². The van der Waals surface area contributed by atoms with E-state index in [1.807, 2.05) is 0 Å². The average molecular weight is 414 g/mol. The largest absolute Gasteiger partial charge is 0.497 e. The zero-order valence-corrected chi connectivity index (χ0v) is 17.0. The molecule has 2 aromatic rings. The molecule has 2 bridgehead atoms. The topological polar surface area (TPSA) is 75.7 Å². The molecule has 6 nitrogen and oxygen atoms in total. The summed E-state index contributed by atoms with van der Waals surface area (Å²) in [5.41, 5.74) is 1.50. The van der Waals surface area contributed by atoms with Gasteiger partial charge in [0, 0.05) is 11.3 Å². The SMILES string of the molecule is COc1ccc(NC(=O)c2cccc(N3C(=O)[C@@H]4[C@@H]5C=C[C@@H]([C@@H]6C[C@@H]56)[C@@H]4C3=O)c2)cc1. The van der Waals surface area contributed by atoms with Gasteiger partial charge in [-0.15, -0.1) is 0 Å². The van der Waals surface area contributed by atoms with Crippen molar-refractivity contribution in [2.75, 3.05) is 17.3 Å². The van der Waals surface area contributed by atoms with Crippen LogP contribution in [0.5, 0.6) is 5.75 Å². The third-order valence-electron chi connectivity index (χ3n) is 7.38. The number of amides is 3. The van der Waals surface area contributed by atoms with Crippen LogP contribution in [-0.4, -0.2) is 24.8 Å². The Morgan fingerprint density at radius 3 is 2.23 bits per heavy atom. The second-order valence-corrected chi connectivity index (χ2v) is 8.90. The molecule has 0 aromatic heterocycles. The lowest BCUT2D eigenvalue weighted by atomic mass is 9.63. The first-order valence-electron chi connectivity index (χ1n) is 10.7.